The molecule has 1 fully saturated rings. The number of H-pyrrole nitrogens is 1. The predicted molar refractivity (Wildman–Crippen MR) is 138 cm³/mol. The van der Waals surface area contributed by atoms with Gasteiger partial charge in [-0.2, -0.15) is 0 Å². The molecule has 0 spiro atoms. The monoisotopic (exact) mass is 528 g/mol. The van der Waals surface area contributed by atoms with Crippen LogP contribution in [-0.4, -0.2) is 43.0 Å². The van der Waals surface area contributed by atoms with Crippen LogP contribution in [0.4, 0.5) is 10.2 Å². The number of aromatic nitrogens is 2. The van der Waals surface area contributed by atoms with Gasteiger partial charge in [0, 0.05) is 29.9 Å². The van der Waals surface area contributed by atoms with E-state index in [-0.39, 0.29) is 16.9 Å². The van der Waals surface area contributed by atoms with Crippen LogP contribution in [0.1, 0.15) is 44.5 Å². The molecule has 2 N–H and O–H groups in total. The molecule has 0 bridgehead atoms. The van der Waals surface area contributed by atoms with Crippen LogP contribution in [0.5, 0.6) is 5.75 Å². The molecule has 11 heteroatoms. The predicted octanol–water partition coefficient (Wildman–Crippen LogP) is 3.72. The zero-order valence-corrected chi connectivity index (χ0v) is 21.9. The number of hydrogen-bond acceptors (Lipinski definition) is 7. The second-order valence-corrected chi connectivity index (χ2v) is 11.4. The van der Waals surface area contributed by atoms with Gasteiger partial charge in [0.25, 0.3) is 21.5 Å². The molecule has 0 radical (unpaired) electrons. The second-order valence-electron chi connectivity index (χ2n) is 9.71. The summed E-state index contributed by atoms with van der Waals surface area (Å²) < 4.78 is 47.4. The van der Waals surface area contributed by atoms with E-state index in [4.69, 9.17) is 9.72 Å². The first-order chi connectivity index (χ1) is 17.4. The molecule has 1 aromatic carbocycles. The van der Waals surface area contributed by atoms with Crippen molar-refractivity contribution in [3.63, 3.8) is 0 Å². The Morgan fingerprint density at radius 2 is 2.03 bits per heavy atom. The van der Waals surface area contributed by atoms with Crippen molar-refractivity contribution in [2.45, 2.75) is 44.6 Å². The van der Waals surface area contributed by atoms with Crippen LogP contribution in [0.15, 0.2) is 58.4 Å². The molecule has 9 nitrogen and oxygen atoms in total. The molecule has 0 saturated carbocycles. The molecule has 1 amide bonds. The van der Waals surface area contributed by atoms with Gasteiger partial charge < -0.3 is 14.6 Å². The maximum absolute atomic E-state index is 14.3. The number of carbonyl (C=O) groups excluding carboxylic acids is 1. The summed E-state index contributed by atoms with van der Waals surface area (Å²) in [6, 6.07) is 9.70. The van der Waals surface area contributed by atoms with Crippen LogP contribution in [0, 0.1) is 11.7 Å². The zero-order valence-electron chi connectivity index (χ0n) is 21.0. The Morgan fingerprint density at radius 3 is 2.68 bits per heavy atom. The van der Waals surface area contributed by atoms with Gasteiger partial charge in [0.05, 0.1) is 17.9 Å². The standard InChI is InChI=1S/C26H29FN4O5S/c1-5-36-19-12-17(11-18(27)13-19)21-9-8-20(23(29-21)31-15-16(2)14-26(31,3)4)24(32)30-37(34,35)22-7-6-10-28-25(22)33/h6-13,16H,5,14-15H2,1-4H3,(H,28,33)(H,30,32)/t16-/m0/s1. The lowest BCUT2D eigenvalue weighted by Gasteiger charge is -2.34. The fourth-order valence-electron chi connectivity index (χ4n) is 4.76. The van der Waals surface area contributed by atoms with Gasteiger partial charge in [0.1, 0.15) is 17.4 Å². The van der Waals surface area contributed by atoms with Crippen LogP contribution in [0.2, 0.25) is 0 Å². The van der Waals surface area contributed by atoms with E-state index >= 15 is 0 Å². The third-order valence-electron chi connectivity index (χ3n) is 6.23. The molecule has 3 heterocycles. The van der Waals surface area contributed by atoms with Crippen molar-refractivity contribution in [3.05, 3.63) is 70.4 Å². The minimum absolute atomic E-state index is 0.0169. The summed E-state index contributed by atoms with van der Waals surface area (Å²) in [6.45, 7) is 8.85. The lowest BCUT2D eigenvalue weighted by molar-refractivity contribution is 0.0981. The SMILES string of the molecule is CCOc1cc(F)cc(-c2ccc(C(=O)NS(=O)(=O)c3ccc[nH]c3=O)c(N3C[C@@H](C)CC3(C)C)n2)c1. The number of amides is 1. The number of sulfonamides is 1. The first kappa shape index (κ1) is 26.3. The van der Waals surface area contributed by atoms with Crippen molar-refractivity contribution >= 4 is 21.7 Å². The fourth-order valence-corrected chi connectivity index (χ4v) is 5.79. The summed E-state index contributed by atoms with van der Waals surface area (Å²) >= 11 is 0. The highest BCUT2D eigenvalue weighted by molar-refractivity contribution is 7.90. The van der Waals surface area contributed by atoms with E-state index in [2.05, 4.69) is 11.9 Å². The Balaban J connectivity index is 1.80. The van der Waals surface area contributed by atoms with Gasteiger partial charge in [0.15, 0.2) is 4.90 Å². The van der Waals surface area contributed by atoms with Crippen molar-refractivity contribution in [2.24, 2.45) is 5.92 Å². The number of benzene rings is 1. The smallest absolute Gasteiger partial charge is 0.269 e. The highest BCUT2D eigenvalue weighted by Gasteiger charge is 2.39. The topological polar surface area (TPSA) is 121 Å². The summed E-state index contributed by atoms with van der Waals surface area (Å²) in [5.41, 5.74) is -0.367. The van der Waals surface area contributed by atoms with Crippen molar-refractivity contribution in [1.29, 1.82) is 0 Å². The molecule has 1 atom stereocenters. The van der Waals surface area contributed by atoms with Gasteiger partial charge in [-0.25, -0.2) is 22.5 Å². The zero-order chi connectivity index (χ0) is 27.0. The van der Waals surface area contributed by atoms with Gasteiger partial charge in [0.2, 0.25) is 0 Å². The number of ether oxygens (including phenoxy) is 1. The van der Waals surface area contributed by atoms with Gasteiger partial charge in [-0.1, -0.05) is 6.92 Å². The van der Waals surface area contributed by atoms with E-state index in [0.717, 1.165) is 12.5 Å². The summed E-state index contributed by atoms with van der Waals surface area (Å²) in [5, 5.41) is 0. The third kappa shape index (κ3) is 5.51. The van der Waals surface area contributed by atoms with Crippen molar-refractivity contribution in [2.75, 3.05) is 18.1 Å². The molecule has 37 heavy (non-hydrogen) atoms. The average molecular weight is 529 g/mol. The Kier molecular flexibility index (Phi) is 7.09. The molecule has 3 aromatic rings. The summed E-state index contributed by atoms with van der Waals surface area (Å²) in [6.07, 6.45) is 2.12. The molecule has 0 unspecified atom stereocenters. The molecule has 2 aromatic heterocycles. The molecule has 0 aliphatic carbocycles. The number of hydrogen-bond donors (Lipinski definition) is 2. The number of nitrogens with zero attached hydrogens (tertiary/aromatic N) is 2. The quantitative estimate of drug-likeness (QED) is 0.479. The molecule has 196 valence electrons. The van der Waals surface area contributed by atoms with Crippen molar-refractivity contribution in [1.82, 2.24) is 14.7 Å². The van der Waals surface area contributed by atoms with Crippen LogP contribution in [0.3, 0.4) is 0 Å². The number of rotatable bonds is 7. The van der Waals surface area contributed by atoms with E-state index in [1.54, 1.807) is 13.0 Å². The number of nitrogens with one attached hydrogen (secondary N) is 2. The number of aromatic amines is 1. The van der Waals surface area contributed by atoms with E-state index < -0.39 is 32.2 Å². The minimum atomic E-state index is -4.45. The first-order valence-corrected chi connectivity index (χ1v) is 13.4. The maximum Gasteiger partial charge on any atom is 0.269 e. The van der Waals surface area contributed by atoms with Crippen LogP contribution < -0.4 is 19.9 Å². The summed E-state index contributed by atoms with van der Waals surface area (Å²) in [7, 11) is -4.45. The van der Waals surface area contributed by atoms with Crippen LogP contribution >= 0.6 is 0 Å². The molecule has 1 saturated heterocycles. The Bertz CT molecular complexity index is 1500. The van der Waals surface area contributed by atoms with E-state index in [9.17, 15) is 22.4 Å². The van der Waals surface area contributed by atoms with Crippen LogP contribution in [0.25, 0.3) is 11.3 Å². The summed E-state index contributed by atoms with van der Waals surface area (Å²) in [4.78, 5) is 33.7. The van der Waals surface area contributed by atoms with E-state index in [0.29, 0.717) is 36.1 Å². The van der Waals surface area contributed by atoms with Gasteiger partial charge >= 0.3 is 0 Å². The number of anilines is 1. The molecule has 1 aliphatic heterocycles. The maximum atomic E-state index is 14.3. The number of halogens is 1. The van der Waals surface area contributed by atoms with Crippen LogP contribution in [-0.2, 0) is 10.0 Å². The lowest BCUT2D eigenvalue weighted by atomic mass is 9.97. The Morgan fingerprint density at radius 1 is 1.27 bits per heavy atom. The number of carbonyl (C=O) groups is 1. The Hall–Kier alpha value is -3.73. The molecule has 1 aliphatic rings. The van der Waals surface area contributed by atoms with Gasteiger partial charge in [-0.05, 0) is 69.5 Å². The normalized spacial score (nSPS) is 17.0. The first-order valence-electron chi connectivity index (χ1n) is 11.9. The fraction of sp³-hybridized carbons (Fsp3) is 0.346. The molecular formula is C26H29FN4O5S. The minimum Gasteiger partial charge on any atom is -0.494 e. The average Bonchev–Trinajstić information content (AvgIpc) is 3.10. The lowest BCUT2D eigenvalue weighted by Crippen LogP contribution is -2.41. The Labute approximate surface area is 214 Å². The third-order valence-corrected chi connectivity index (χ3v) is 7.58. The largest absolute Gasteiger partial charge is 0.494 e. The molecule has 4 rings (SSSR count). The van der Waals surface area contributed by atoms with Gasteiger partial charge in [-0.3, -0.25) is 9.59 Å². The highest BCUT2D eigenvalue weighted by Crippen LogP contribution is 2.38. The summed E-state index contributed by atoms with van der Waals surface area (Å²) in [5.74, 6) is -0.523. The highest BCUT2D eigenvalue weighted by atomic mass is 32.2. The van der Waals surface area contributed by atoms with E-state index in [1.165, 1.54) is 36.5 Å². The van der Waals surface area contributed by atoms with Crippen molar-refractivity contribution in [3.8, 4) is 17.0 Å². The number of pyridine rings is 2. The second kappa shape index (κ2) is 9.97. The molecular weight excluding hydrogens is 499 g/mol. The van der Waals surface area contributed by atoms with Gasteiger partial charge in [-0.15, -0.1) is 0 Å². The van der Waals surface area contributed by atoms with E-state index in [1.807, 2.05) is 23.5 Å². The van der Waals surface area contributed by atoms with Crippen molar-refractivity contribution < 1.29 is 22.3 Å².